The second-order valence-electron chi connectivity index (χ2n) is 2.96. The summed E-state index contributed by atoms with van der Waals surface area (Å²) in [4.78, 5) is 0. The molecule has 0 aromatic heterocycles. The van der Waals surface area contributed by atoms with Crippen LogP contribution in [0.1, 0.15) is 53.4 Å². The van der Waals surface area contributed by atoms with Crippen LogP contribution in [0.25, 0.3) is 0 Å². The minimum Gasteiger partial charge on any atom is -0.308 e. The maximum absolute atomic E-state index is 3.47. The van der Waals surface area contributed by atoms with Crippen LogP contribution in [0.5, 0.6) is 0 Å². The van der Waals surface area contributed by atoms with E-state index < -0.39 is 0 Å². The second kappa shape index (κ2) is 6.66. The maximum atomic E-state index is 3.47. The van der Waals surface area contributed by atoms with Gasteiger partial charge in [-0.15, -0.1) is 0 Å². The molecule has 0 bridgehead atoms. The van der Waals surface area contributed by atoms with E-state index >= 15 is 0 Å². The van der Waals surface area contributed by atoms with Crippen molar-refractivity contribution in [3.05, 3.63) is 0 Å². The molecular weight excluding hydrogens is 134 g/mol. The molecule has 0 spiro atoms. The van der Waals surface area contributed by atoms with Gasteiger partial charge in [0.25, 0.3) is 0 Å². The van der Waals surface area contributed by atoms with Gasteiger partial charge in [0.05, 0.1) is 0 Å². The van der Waals surface area contributed by atoms with E-state index in [1.54, 1.807) is 0 Å². The van der Waals surface area contributed by atoms with Gasteiger partial charge in [0.2, 0.25) is 0 Å². The van der Waals surface area contributed by atoms with E-state index in [0.717, 1.165) is 12.1 Å². The van der Waals surface area contributed by atoms with Crippen LogP contribution in [0.4, 0.5) is 0 Å². The molecule has 1 nitrogen and oxygen atoms in total. The summed E-state index contributed by atoms with van der Waals surface area (Å²) in [5.41, 5.74) is 0. The van der Waals surface area contributed by atoms with Gasteiger partial charge in [-0.2, -0.15) is 0 Å². The third kappa shape index (κ3) is 4.41. The highest BCUT2D eigenvalue weighted by Gasteiger charge is 2.33. The first-order valence-electron chi connectivity index (χ1n) is 5.14. The first-order valence-corrected chi connectivity index (χ1v) is 5.14. The molecule has 0 radical (unpaired) electrons. The first-order chi connectivity index (χ1) is 5.38. The third-order valence-electron chi connectivity index (χ3n) is 2.00. The van der Waals surface area contributed by atoms with Gasteiger partial charge in [0, 0.05) is 12.1 Å². The molecule has 0 aromatic rings. The van der Waals surface area contributed by atoms with Crippen LogP contribution in [0.3, 0.4) is 0 Å². The molecular formula is C10H23N. The van der Waals surface area contributed by atoms with Crippen LogP contribution in [-0.4, -0.2) is 12.1 Å². The van der Waals surface area contributed by atoms with Crippen molar-refractivity contribution < 1.29 is 0 Å². The van der Waals surface area contributed by atoms with Crippen molar-refractivity contribution in [2.24, 2.45) is 0 Å². The Morgan fingerprint density at radius 1 is 0.909 bits per heavy atom. The molecule has 1 rings (SSSR count). The Labute approximate surface area is 71.6 Å². The highest BCUT2D eigenvalue weighted by Crippen LogP contribution is 2.20. The Balaban J connectivity index is 0.000000461. The van der Waals surface area contributed by atoms with Crippen LogP contribution in [0, 0.1) is 0 Å². The lowest BCUT2D eigenvalue weighted by atomic mass is 10.1. The van der Waals surface area contributed by atoms with Crippen LogP contribution in [0.2, 0.25) is 0 Å². The minimum absolute atomic E-state index is 0.884. The Morgan fingerprint density at radius 2 is 1.27 bits per heavy atom. The van der Waals surface area contributed by atoms with Crippen molar-refractivity contribution in [1.82, 2.24) is 5.32 Å². The molecule has 68 valence electrons. The quantitative estimate of drug-likeness (QED) is 0.623. The number of hydrogen-bond donors (Lipinski definition) is 1. The first kappa shape index (κ1) is 11.0. The van der Waals surface area contributed by atoms with Crippen molar-refractivity contribution in [3.63, 3.8) is 0 Å². The fraction of sp³-hybridized carbons (Fsp3) is 1.00. The van der Waals surface area contributed by atoms with Crippen molar-refractivity contribution in [2.45, 2.75) is 65.5 Å². The summed E-state index contributed by atoms with van der Waals surface area (Å²) < 4.78 is 0. The molecule has 1 aliphatic heterocycles. The summed E-state index contributed by atoms with van der Waals surface area (Å²) in [6, 6.07) is 1.77. The third-order valence-corrected chi connectivity index (χ3v) is 2.00. The van der Waals surface area contributed by atoms with E-state index in [-0.39, 0.29) is 0 Å². The Bertz CT molecular complexity index is 70.9. The van der Waals surface area contributed by atoms with E-state index in [1.807, 2.05) is 13.8 Å². The summed E-state index contributed by atoms with van der Waals surface area (Å²) in [6.45, 7) is 8.51. The summed E-state index contributed by atoms with van der Waals surface area (Å²) in [6.07, 6.45) is 5.42. The van der Waals surface area contributed by atoms with Gasteiger partial charge in [0.1, 0.15) is 0 Å². The molecule has 1 fully saturated rings. The minimum atomic E-state index is 0.884. The van der Waals surface area contributed by atoms with Crippen molar-refractivity contribution >= 4 is 0 Å². The van der Waals surface area contributed by atoms with Crippen molar-refractivity contribution in [3.8, 4) is 0 Å². The molecule has 1 heterocycles. The van der Waals surface area contributed by atoms with Gasteiger partial charge in [-0.25, -0.2) is 0 Å². The summed E-state index contributed by atoms with van der Waals surface area (Å²) in [5, 5.41) is 3.47. The average Bonchev–Trinajstić information content (AvgIpc) is 2.74. The standard InChI is InChI=1S/C8H17N.C2H6/c1-3-5-7-8(9-7)6-4-2;1-2/h7-9H,3-6H2,1-2H3;1-2H3. The molecule has 1 N–H and O–H groups in total. The zero-order valence-corrected chi connectivity index (χ0v) is 8.48. The molecule has 1 heteroatoms. The van der Waals surface area contributed by atoms with E-state index in [2.05, 4.69) is 19.2 Å². The normalized spacial score (nSPS) is 27.3. The van der Waals surface area contributed by atoms with Crippen molar-refractivity contribution in [2.75, 3.05) is 0 Å². The van der Waals surface area contributed by atoms with E-state index in [9.17, 15) is 0 Å². The molecule has 1 saturated heterocycles. The molecule has 2 unspecified atom stereocenters. The highest BCUT2D eigenvalue weighted by atomic mass is 15.1. The number of rotatable bonds is 4. The van der Waals surface area contributed by atoms with E-state index in [1.165, 1.54) is 25.7 Å². The SMILES string of the molecule is CC.CCCC1NC1CCC. The van der Waals surface area contributed by atoms with Crippen LogP contribution < -0.4 is 5.32 Å². The maximum Gasteiger partial charge on any atom is 0.0224 e. The highest BCUT2D eigenvalue weighted by molar-refractivity contribution is 4.96. The van der Waals surface area contributed by atoms with Gasteiger partial charge in [0.15, 0.2) is 0 Å². The zero-order valence-electron chi connectivity index (χ0n) is 8.48. The van der Waals surface area contributed by atoms with E-state index in [0.29, 0.717) is 0 Å². The Kier molecular flexibility index (Phi) is 6.63. The van der Waals surface area contributed by atoms with Crippen molar-refractivity contribution in [1.29, 1.82) is 0 Å². The molecule has 0 aliphatic carbocycles. The van der Waals surface area contributed by atoms with Crippen LogP contribution in [0.15, 0.2) is 0 Å². The monoisotopic (exact) mass is 157 g/mol. The van der Waals surface area contributed by atoms with Gasteiger partial charge in [-0.1, -0.05) is 40.5 Å². The predicted octanol–water partition coefficient (Wildman–Crippen LogP) is 2.95. The lowest BCUT2D eigenvalue weighted by Gasteiger charge is -1.90. The molecule has 2 atom stereocenters. The lowest BCUT2D eigenvalue weighted by molar-refractivity contribution is 0.712. The summed E-state index contributed by atoms with van der Waals surface area (Å²) in [7, 11) is 0. The smallest absolute Gasteiger partial charge is 0.0224 e. The van der Waals surface area contributed by atoms with Crippen LogP contribution >= 0.6 is 0 Å². The molecule has 0 saturated carbocycles. The average molecular weight is 157 g/mol. The van der Waals surface area contributed by atoms with E-state index in [4.69, 9.17) is 0 Å². The number of nitrogens with one attached hydrogen (secondary N) is 1. The number of hydrogen-bond acceptors (Lipinski definition) is 1. The molecule has 11 heavy (non-hydrogen) atoms. The Morgan fingerprint density at radius 3 is 1.55 bits per heavy atom. The Hall–Kier alpha value is -0.0400. The molecule has 1 aliphatic rings. The zero-order chi connectivity index (χ0) is 8.69. The van der Waals surface area contributed by atoms with Gasteiger partial charge < -0.3 is 5.32 Å². The second-order valence-corrected chi connectivity index (χ2v) is 2.96. The largest absolute Gasteiger partial charge is 0.308 e. The molecule has 0 aromatic carbocycles. The topological polar surface area (TPSA) is 21.9 Å². The van der Waals surface area contributed by atoms with Gasteiger partial charge in [-0.3, -0.25) is 0 Å². The fourth-order valence-corrected chi connectivity index (χ4v) is 1.41. The van der Waals surface area contributed by atoms with Gasteiger partial charge >= 0.3 is 0 Å². The fourth-order valence-electron chi connectivity index (χ4n) is 1.41. The van der Waals surface area contributed by atoms with Gasteiger partial charge in [-0.05, 0) is 12.8 Å². The molecule has 0 amide bonds. The summed E-state index contributed by atoms with van der Waals surface area (Å²) >= 11 is 0. The van der Waals surface area contributed by atoms with Crippen LogP contribution in [-0.2, 0) is 0 Å². The lowest BCUT2D eigenvalue weighted by Crippen LogP contribution is -1.91. The summed E-state index contributed by atoms with van der Waals surface area (Å²) in [5.74, 6) is 0. The predicted molar refractivity (Wildman–Crippen MR) is 51.9 cm³/mol.